The Morgan fingerprint density at radius 3 is 2.74 bits per heavy atom. The molecule has 2 amide bonds. The molecule has 0 bridgehead atoms. The Morgan fingerprint density at radius 2 is 2.00 bits per heavy atom. The van der Waals surface area contributed by atoms with Gasteiger partial charge in [-0.25, -0.2) is 4.39 Å². The first-order chi connectivity index (χ1) is 16.9. The highest BCUT2D eigenvalue weighted by Gasteiger charge is 2.34. The van der Waals surface area contributed by atoms with Gasteiger partial charge in [-0.15, -0.1) is 11.3 Å². The minimum atomic E-state index is -0.472. The number of aryl methyl sites for hydroxylation is 1. The number of fused-ring (bicyclic) bond motifs is 1. The van der Waals surface area contributed by atoms with Crippen molar-refractivity contribution in [2.45, 2.75) is 45.7 Å². The first-order valence-corrected chi connectivity index (χ1v) is 12.9. The summed E-state index contributed by atoms with van der Waals surface area (Å²) in [5.41, 5.74) is 2.39. The number of hydrogen-bond donors (Lipinski definition) is 0. The molecule has 0 saturated heterocycles. The van der Waals surface area contributed by atoms with Crippen LogP contribution in [0.2, 0.25) is 0 Å². The summed E-state index contributed by atoms with van der Waals surface area (Å²) >= 11 is 1.70. The van der Waals surface area contributed by atoms with Gasteiger partial charge in [-0.3, -0.25) is 9.59 Å². The minimum absolute atomic E-state index is 0.0648. The molecule has 0 aliphatic carbocycles. The molecule has 2 aromatic carbocycles. The van der Waals surface area contributed by atoms with E-state index in [1.807, 2.05) is 49.9 Å². The van der Waals surface area contributed by atoms with Gasteiger partial charge in [-0.05, 0) is 73.5 Å². The van der Waals surface area contributed by atoms with Crippen LogP contribution in [0.4, 0.5) is 4.39 Å². The Kier molecular flexibility index (Phi) is 7.86. The van der Waals surface area contributed by atoms with Crippen LogP contribution in [0.15, 0.2) is 60.0 Å². The molecular formula is C28H31FN2O3S. The third-order valence-corrected chi connectivity index (χ3v) is 7.66. The lowest BCUT2D eigenvalue weighted by molar-refractivity contribution is -0.136. The fraction of sp³-hybridized carbons (Fsp3) is 0.357. The van der Waals surface area contributed by atoms with E-state index in [9.17, 15) is 14.0 Å². The zero-order valence-corrected chi connectivity index (χ0v) is 21.2. The van der Waals surface area contributed by atoms with E-state index < -0.39 is 5.82 Å². The lowest BCUT2D eigenvalue weighted by Gasteiger charge is -2.38. The SMILES string of the molecule is CC[C@H](C)N(CC(=O)N1CCc2sccc2[C@@H]1COc1ccccc1C)C(=O)c1cccc(F)c1. The molecular weight excluding hydrogens is 463 g/mol. The second-order valence-electron chi connectivity index (χ2n) is 8.93. The molecule has 0 radical (unpaired) electrons. The number of benzene rings is 2. The molecule has 4 rings (SSSR count). The lowest BCUT2D eigenvalue weighted by atomic mass is 10.00. The normalized spacial score (nSPS) is 15.9. The monoisotopic (exact) mass is 494 g/mol. The van der Waals surface area contributed by atoms with Crippen LogP contribution in [-0.4, -0.2) is 47.4 Å². The third kappa shape index (κ3) is 5.56. The lowest BCUT2D eigenvalue weighted by Crippen LogP contribution is -2.49. The van der Waals surface area contributed by atoms with Gasteiger partial charge in [-0.2, -0.15) is 0 Å². The number of para-hydroxylation sites is 1. The summed E-state index contributed by atoms with van der Waals surface area (Å²) in [7, 11) is 0. The van der Waals surface area contributed by atoms with Gasteiger partial charge in [-0.1, -0.05) is 31.2 Å². The second kappa shape index (κ2) is 11.0. The maximum absolute atomic E-state index is 13.8. The number of carbonyl (C=O) groups excluding carboxylic acids is 2. The number of hydrogen-bond acceptors (Lipinski definition) is 4. The van der Waals surface area contributed by atoms with Crippen molar-refractivity contribution < 1.29 is 18.7 Å². The van der Waals surface area contributed by atoms with Crippen molar-refractivity contribution >= 4 is 23.2 Å². The Hall–Kier alpha value is -3.19. The molecule has 0 unspecified atom stereocenters. The van der Waals surface area contributed by atoms with Crippen LogP contribution in [0.25, 0.3) is 0 Å². The molecule has 0 saturated carbocycles. The highest BCUT2D eigenvalue weighted by atomic mass is 32.1. The molecule has 1 aromatic heterocycles. The Bertz CT molecular complexity index is 1190. The zero-order valence-electron chi connectivity index (χ0n) is 20.4. The van der Waals surface area contributed by atoms with E-state index in [0.717, 1.165) is 23.3 Å². The first-order valence-electron chi connectivity index (χ1n) is 12.0. The Labute approximate surface area is 210 Å². The highest BCUT2D eigenvalue weighted by molar-refractivity contribution is 7.10. The average Bonchev–Trinajstić information content (AvgIpc) is 3.35. The molecule has 0 N–H and O–H groups in total. The minimum Gasteiger partial charge on any atom is -0.491 e. The standard InChI is InChI=1S/C28H31FN2O3S/c1-4-20(3)31(28(33)21-9-7-10-22(29)16-21)17-27(32)30-14-12-26-23(13-15-35-26)24(30)18-34-25-11-6-5-8-19(25)2/h5-11,13,15-16,20,24H,4,12,14,17-18H2,1-3H3/t20-,24-/m0/s1. The van der Waals surface area contributed by atoms with Crippen molar-refractivity contribution in [3.05, 3.63) is 87.4 Å². The predicted octanol–water partition coefficient (Wildman–Crippen LogP) is 5.64. The fourth-order valence-corrected chi connectivity index (χ4v) is 5.36. The summed E-state index contributed by atoms with van der Waals surface area (Å²) < 4.78 is 20.0. The van der Waals surface area contributed by atoms with E-state index in [0.29, 0.717) is 19.6 Å². The summed E-state index contributed by atoms with van der Waals surface area (Å²) in [6.07, 6.45) is 1.46. The maximum atomic E-state index is 13.8. The Morgan fingerprint density at radius 1 is 1.20 bits per heavy atom. The van der Waals surface area contributed by atoms with Gasteiger partial charge < -0.3 is 14.5 Å². The van der Waals surface area contributed by atoms with Crippen LogP contribution >= 0.6 is 11.3 Å². The van der Waals surface area contributed by atoms with Crippen molar-refractivity contribution in [2.75, 3.05) is 19.7 Å². The van der Waals surface area contributed by atoms with Gasteiger partial charge in [0, 0.05) is 23.0 Å². The summed E-state index contributed by atoms with van der Waals surface area (Å²) in [5, 5.41) is 2.05. The van der Waals surface area contributed by atoms with Crippen molar-refractivity contribution in [3.63, 3.8) is 0 Å². The quantitative estimate of drug-likeness (QED) is 0.407. The van der Waals surface area contributed by atoms with E-state index in [1.54, 1.807) is 22.3 Å². The summed E-state index contributed by atoms with van der Waals surface area (Å²) in [6.45, 7) is 6.72. The number of carbonyl (C=O) groups is 2. The average molecular weight is 495 g/mol. The molecule has 2 atom stereocenters. The van der Waals surface area contributed by atoms with Crippen LogP contribution < -0.4 is 4.74 Å². The molecule has 7 heteroatoms. The van der Waals surface area contributed by atoms with Crippen LogP contribution in [0.1, 0.15) is 52.7 Å². The van der Waals surface area contributed by atoms with Crippen molar-refractivity contribution in [2.24, 2.45) is 0 Å². The van der Waals surface area contributed by atoms with Gasteiger partial charge in [0.1, 0.15) is 24.7 Å². The molecule has 1 aliphatic heterocycles. The number of halogens is 1. The van der Waals surface area contributed by atoms with Gasteiger partial charge in [0.2, 0.25) is 5.91 Å². The largest absolute Gasteiger partial charge is 0.491 e. The van der Waals surface area contributed by atoms with Crippen LogP contribution in [-0.2, 0) is 11.2 Å². The predicted molar refractivity (Wildman–Crippen MR) is 136 cm³/mol. The molecule has 0 spiro atoms. The van der Waals surface area contributed by atoms with Gasteiger partial charge in [0.15, 0.2) is 0 Å². The molecule has 1 aliphatic rings. The smallest absolute Gasteiger partial charge is 0.254 e. The van der Waals surface area contributed by atoms with E-state index in [-0.39, 0.29) is 36.0 Å². The molecule has 5 nitrogen and oxygen atoms in total. The third-order valence-electron chi connectivity index (χ3n) is 6.67. The topological polar surface area (TPSA) is 49.9 Å². The number of ether oxygens (including phenoxy) is 1. The van der Waals surface area contributed by atoms with E-state index in [4.69, 9.17) is 4.74 Å². The molecule has 0 fully saturated rings. The van der Waals surface area contributed by atoms with Crippen molar-refractivity contribution in [1.82, 2.24) is 9.80 Å². The molecule has 3 aromatic rings. The molecule has 2 heterocycles. The van der Waals surface area contributed by atoms with E-state index in [1.165, 1.54) is 23.1 Å². The maximum Gasteiger partial charge on any atom is 0.254 e. The van der Waals surface area contributed by atoms with Crippen molar-refractivity contribution in [3.8, 4) is 5.75 Å². The van der Waals surface area contributed by atoms with Crippen molar-refractivity contribution in [1.29, 1.82) is 0 Å². The molecule has 35 heavy (non-hydrogen) atoms. The van der Waals surface area contributed by atoms with Gasteiger partial charge in [0.05, 0.1) is 6.04 Å². The van der Waals surface area contributed by atoms with Crippen LogP contribution in [0.3, 0.4) is 0 Å². The van der Waals surface area contributed by atoms with Gasteiger partial charge in [0.25, 0.3) is 5.91 Å². The Balaban J connectivity index is 1.56. The van der Waals surface area contributed by atoms with Crippen LogP contribution in [0.5, 0.6) is 5.75 Å². The number of amides is 2. The van der Waals surface area contributed by atoms with Crippen LogP contribution in [0, 0.1) is 12.7 Å². The summed E-state index contributed by atoms with van der Waals surface area (Å²) in [5.74, 6) is -0.149. The van der Waals surface area contributed by atoms with Gasteiger partial charge >= 0.3 is 0 Å². The van der Waals surface area contributed by atoms with E-state index in [2.05, 4.69) is 11.4 Å². The van der Waals surface area contributed by atoms with E-state index >= 15 is 0 Å². The highest BCUT2D eigenvalue weighted by Crippen LogP contribution is 2.34. The second-order valence-corrected chi connectivity index (χ2v) is 9.93. The molecule has 184 valence electrons. The summed E-state index contributed by atoms with van der Waals surface area (Å²) in [4.78, 5) is 31.6. The number of thiophene rings is 1. The summed E-state index contributed by atoms with van der Waals surface area (Å²) in [6, 6.07) is 15.1. The number of rotatable bonds is 8. The first kappa shape index (κ1) is 24.9. The zero-order chi connectivity index (χ0) is 24.9. The number of nitrogens with zero attached hydrogens (tertiary/aromatic N) is 2. The fourth-order valence-electron chi connectivity index (χ4n) is 4.43.